The molecule has 4 nitrogen and oxygen atoms in total. The van der Waals surface area contributed by atoms with Crippen molar-refractivity contribution in [2.45, 2.75) is 51.3 Å². The lowest BCUT2D eigenvalue weighted by molar-refractivity contribution is -0.154. The SMILES string of the molecule is COc1ccc(CCC2NC2C(=O)OC(C)(C)C)cc1. The van der Waals surface area contributed by atoms with Gasteiger partial charge in [-0.15, -0.1) is 0 Å². The van der Waals surface area contributed by atoms with E-state index in [2.05, 4.69) is 17.4 Å². The summed E-state index contributed by atoms with van der Waals surface area (Å²) in [6.45, 7) is 5.67. The number of methoxy groups -OCH3 is 1. The van der Waals surface area contributed by atoms with Crippen molar-refractivity contribution in [3.05, 3.63) is 29.8 Å². The molecule has 2 rings (SSSR count). The van der Waals surface area contributed by atoms with Gasteiger partial charge >= 0.3 is 5.97 Å². The zero-order chi connectivity index (χ0) is 14.8. The van der Waals surface area contributed by atoms with Gasteiger partial charge in [-0.05, 0) is 51.3 Å². The van der Waals surface area contributed by atoms with Crippen molar-refractivity contribution >= 4 is 5.97 Å². The molecule has 110 valence electrons. The number of ether oxygens (including phenoxy) is 2. The number of nitrogens with one attached hydrogen (secondary N) is 1. The van der Waals surface area contributed by atoms with Gasteiger partial charge in [-0.3, -0.25) is 10.1 Å². The quantitative estimate of drug-likeness (QED) is 0.663. The summed E-state index contributed by atoms with van der Waals surface area (Å²) in [6.07, 6.45) is 1.89. The number of benzene rings is 1. The Labute approximate surface area is 120 Å². The molecule has 0 aromatic heterocycles. The van der Waals surface area contributed by atoms with Gasteiger partial charge in [0.05, 0.1) is 7.11 Å². The predicted octanol–water partition coefficient (Wildman–Crippen LogP) is 2.31. The molecule has 1 N–H and O–H groups in total. The van der Waals surface area contributed by atoms with E-state index >= 15 is 0 Å². The fourth-order valence-electron chi connectivity index (χ4n) is 2.14. The molecule has 0 aliphatic carbocycles. The van der Waals surface area contributed by atoms with E-state index in [1.165, 1.54) is 5.56 Å². The molecule has 1 aromatic carbocycles. The number of aryl methyl sites for hydroxylation is 1. The Hall–Kier alpha value is -1.55. The third kappa shape index (κ3) is 4.23. The maximum Gasteiger partial charge on any atom is 0.325 e. The zero-order valence-corrected chi connectivity index (χ0v) is 12.6. The molecule has 0 spiro atoms. The molecule has 1 aliphatic heterocycles. The van der Waals surface area contributed by atoms with Crippen LogP contribution in [0.15, 0.2) is 24.3 Å². The summed E-state index contributed by atoms with van der Waals surface area (Å²) in [7, 11) is 1.66. The predicted molar refractivity (Wildman–Crippen MR) is 77.9 cm³/mol. The van der Waals surface area contributed by atoms with Gasteiger partial charge in [-0.1, -0.05) is 12.1 Å². The highest BCUT2D eigenvalue weighted by molar-refractivity contribution is 5.80. The van der Waals surface area contributed by atoms with Crippen molar-refractivity contribution < 1.29 is 14.3 Å². The molecule has 1 aromatic rings. The average Bonchev–Trinajstić information content (AvgIpc) is 3.14. The summed E-state index contributed by atoms with van der Waals surface area (Å²) in [4.78, 5) is 11.8. The maximum absolute atomic E-state index is 11.8. The molecule has 2 unspecified atom stereocenters. The summed E-state index contributed by atoms with van der Waals surface area (Å²) in [5.74, 6) is 0.724. The lowest BCUT2D eigenvalue weighted by atomic mass is 10.1. The minimum atomic E-state index is -0.415. The number of rotatable bonds is 5. The van der Waals surface area contributed by atoms with Gasteiger partial charge in [0.1, 0.15) is 17.4 Å². The van der Waals surface area contributed by atoms with Crippen molar-refractivity contribution in [3.8, 4) is 5.75 Å². The first-order chi connectivity index (χ1) is 9.39. The molecule has 0 radical (unpaired) electrons. The lowest BCUT2D eigenvalue weighted by Gasteiger charge is -2.19. The molecule has 1 heterocycles. The first kappa shape index (κ1) is 14.9. The number of hydrogen-bond acceptors (Lipinski definition) is 4. The van der Waals surface area contributed by atoms with E-state index in [9.17, 15) is 4.79 Å². The van der Waals surface area contributed by atoms with Gasteiger partial charge in [-0.25, -0.2) is 0 Å². The van der Waals surface area contributed by atoms with Crippen LogP contribution in [0.1, 0.15) is 32.8 Å². The second-order valence-electron chi connectivity index (χ2n) is 6.17. The Morgan fingerprint density at radius 1 is 1.25 bits per heavy atom. The van der Waals surface area contributed by atoms with E-state index < -0.39 is 5.60 Å². The number of carbonyl (C=O) groups is 1. The normalized spacial score (nSPS) is 21.4. The molecule has 0 bridgehead atoms. The summed E-state index contributed by atoms with van der Waals surface area (Å²) >= 11 is 0. The first-order valence-electron chi connectivity index (χ1n) is 7.01. The number of esters is 1. The Kier molecular flexibility index (Phi) is 4.33. The Bertz CT molecular complexity index is 462. The summed E-state index contributed by atoms with van der Waals surface area (Å²) < 4.78 is 10.5. The standard InChI is InChI=1S/C16H23NO3/c1-16(2,3)20-15(18)14-13(17-14)10-7-11-5-8-12(19-4)9-6-11/h5-6,8-9,13-14,17H,7,10H2,1-4H3. The van der Waals surface area contributed by atoms with Crippen LogP contribution in [0.4, 0.5) is 0 Å². The van der Waals surface area contributed by atoms with Crippen LogP contribution in [-0.4, -0.2) is 30.8 Å². The third-order valence-corrected chi connectivity index (χ3v) is 3.25. The third-order valence-electron chi connectivity index (χ3n) is 3.25. The van der Waals surface area contributed by atoms with Gasteiger partial charge in [0.2, 0.25) is 0 Å². The van der Waals surface area contributed by atoms with Crippen molar-refractivity contribution in [3.63, 3.8) is 0 Å². The van der Waals surface area contributed by atoms with Crippen LogP contribution in [-0.2, 0) is 16.0 Å². The number of carbonyl (C=O) groups excluding carboxylic acids is 1. The summed E-state index contributed by atoms with van der Waals surface area (Å²) in [6, 6.07) is 8.15. The van der Waals surface area contributed by atoms with E-state index in [0.717, 1.165) is 18.6 Å². The van der Waals surface area contributed by atoms with Crippen LogP contribution in [0, 0.1) is 0 Å². The van der Waals surface area contributed by atoms with E-state index in [4.69, 9.17) is 9.47 Å². The molecule has 1 saturated heterocycles. The second-order valence-corrected chi connectivity index (χ2v) is 6.17. The Morgan fingerprint density at radius 2 is 1.90 bits per heavy atom. The Balaban J connectivity index is 1.75. The number of hydrogen-bond donors (Lipinski definition) is 1. The smallest absolute Gasteiger partial charge is 0.325 e. The van der Waals surface area contributed by atoms with E-state index in [-0.39, 0.29) is 18.1 Å². The fraction of sp³-hybridized carbons (Fsp3) is 0.562. The first-order valence-corrected chi connectivity index (χ1v) is 7.01. The van der Waals surface area contributed by atoms with Crippen LogP contribution in [0.3, 0.4) is 0 Å². The molecule has 2 atom stereocenters. The van der Waals surface area contributed by atoms with Gasteiger partial charge in [0.15, 0.2) is 0 Å². The zero-order valence-electron chi connectivity index (χ0n) is 12.6. The Morgan fingerprint density at radius 3 is 2.45 bits per heavy atom. The highest BCUT2D eigenvalue weighted by atomic mass is 16.6. The van der Waals surface area contributed by atoms with Crippen molar-refractivity contribution in [1.82, 2.24) is 5.32 Å². The summed E-state index contributed by atoms with van der Waals surface area (Å²) in [5.41, 5.74) is 0.837. The van der Waals surface area contributed by atoms with Crippen LogP contribution in [0.5, 0.6) is 5.75 Å². The van der Waals surface area contributed by atoms with Gasteiger partial charge < -0.3 is 9.47 Å². The van der Waals surface area contributed by atoms with Gasteiger partial charge in [0, 0.05) is 6.04 Å². The minimum absolute atomic E-state index is 0.132. The van der Waals surface area contributed by atoms with E-state index in [0.29, 0.717) is 0 Å². The lowest BCUT2D eigenvalue weighted by Crippen LogP contribution is -2.28. The van der Waals surface area contributed by atoms with Crippen LogP contribution in [0.25, 0.3) is 0 Å². The molecular weight excluding hydrogens is 254 g/mol. The molecular formula is C16H23NO3. The minimum Gasteiger partial charge on any atom is -0.497 e. The van der Waals surface area contributed by atoms with Gasteiger partial charge in [0.25, 0.3) is 0 Å². The molecule has 0 saturated carbocycles. The highest BCUT2D eigenvalue weighted by Gasteiger charge is 2.44. The van der Waals surface area contributed by atoms with Crippen LogP contribution < -0.4 is 10.1 Å². The van der Waals surface area contributed by atoms with E-state index in [1.807, 2.05) is 32.9 Å². The molecule has 1 fully saturated rings. The van der Waals surface area contributed by atoms with Crippen LogP contribution in [0.2, 0.25) is 0 Å². The molecule has 0 amide bonds. The molecule has 1 aliphatic rings. The molecule has 20 heavy (non-hydrogen) atoms. The highest BCUT2D eigenvalue weighted by Crippen LogP contribution is 2.22. The maximum atomic E-state index is 11.8. The van der Waals surface area contributed by atoms with Crippen molar-refractivity contribution in [1.29, 1.82) is 0 Å². The average molecular weight is 277 g/mol. The van der Waals surface area contributed by atoms with Gasteiger partial charge in [-0.2, -0.15) is 0 Å². The fourth-order valence-corrected chi connectivity index (χ4v) is 2.14. The second kappa shape index (κ2) is 5.83. The summed E-state index contributed by atoms with van der Waals surface area (Å²) in [5, 5.41) is 3.18. The molecule has 4 heteroatoms. The van der Waals surface area contributed by atoms with Crippen molar-refractivity contribution in [2.24, 2.45) is 0 Å². The topological polar surface area (TPSA) is 57.5 Å². The monoisotopic (exact) mass is 277 g/mol. The van der Waals surface area contributed by atoms with Crippen molar-refractivity contribution in [2.75, 3.05) is 7.11 Å². The van der Waals surface area contributed by atoms with Crippen LogP contribution >= 0.6 is 0 Å². The largest absolute Gasteiger partial charge is 0.497 e. The van der Waals surface area contributed by atoms with E-state index in [1.54, 1.807) is 7.11 Å².